The summed E-state index contributed by atoms with van der Waals surface area (Å²) in [7, 11) is 0. The van der Waals surface area contributed by atoms with E-state index in [1.807, 2.05) is 5.38 Å². The largest absolute Gasteiger partial charge is 0.375 e. The number of hydrogen-bond donors (Lipinski definition) is 2. The van der Waals surface area contributed by atoms with Gasteiger partial charge in [0.15, 0.2) is 5.13 Å². The molecule has 1 aromatic heterocycles. The van der Waals surface area contributed by atoms with Gasteiger partial charge >= 0.3 is 0 Å². The summed E-state index contributed by atoms with van der Waals surface area (Å²) in [6.45, 7) is 2.11. The molecule has 1 aliphatic rings. The molecule has 3 N–H and O–H groups in total. The highest BCUT2D eigenvalue weighted by atomic mass is 32.1. The number of nitrogens with zero attached hydrogens (tertiary/aromatic N) is 1. The van der Waals surface area contributed by atoms with E-state index in [-0.39, 0.29) is 11.9 Å². The number of nitrogen functional groups attached to an aromatic ring is 1. The van der Waals surface area contributed by atoms with E-state index in [0.717, 1.165) is 5.69 Å². The van der Waals surface area contributed by atoms with E-state index < -0.39 is 0 Å². The number of carbonyl (C=O) groups is 1. The Labute approximate surface area is 112 Å². The lowest BCUT2D eigenvalue weighted by Gasteiger charge is -2.28. The molecule has 1 atom stereocenters. The van der Waals surface area contributed by atoms with Crippen LogP contribution < -0.4 is 11.1 Å². The third-order valence-electron chi connectivity index (χ3n) is 3.66. The zero-order chi connectivity index (χ0) is 13.0. The molecule has 0 saturated heterocycles. The van der Waals surface area contributed by atoms with E-state index in [4.69, 9.17) is 5.73 Å². The van der Waals surface area contributed by atoms with Crippen LogP contribution in [0.4, 0.5) is 5.13 Å². The van der Waals surface area contributed by atoms with Crippen LogP contribution in [-0.4, -0.2) is 16.9 Å². The minimum Gasteiger partial charge on any atom is -0.375 e. The van der Waals surface area contributed by atoms with Gasteiger partial charge in [0.2, 0.25) is 5.91 Å². The molecule has 0 aliphatic heterocycles. The Morgan fingerprint density at radius 1 is 1.56 bits per heavy atom. The summed E-state index contributed by atoms with van der Waals surface area (Å²) in [5.74, 6) is 0.696. The fourth-order valence-corrected chi connectivity index (χ4v) is 3.19. The normalized spacial score (nSPS) is 18.5. The fraction of sp³-hybridized carbons (Fsp3) is 0.692. The molecule has 1 unspecified atom stereocenters. The van der Waals surface area contributed by atoms with E-state index in [1.165, 1.54) is 43.4 Å². The van der Waals surface area contributed by atoms with Gasteiger partial charge in [0.1, 0.15) is 0 Å². The van der Waals surface area contributed by atoms with Crippen molar-refractivity contribution in [3.8, 4) is 0 Å². The highest BCUT2D eigenvalue weighted by Crippen LogP contribution is 2.26. The molecule has 18 heavy (non-hydrogen) atoms. The number of carbonyl (C=O) groups excluding carboxylic acids is 1. The molecular weight excluding hydrogens is 246 g/mol. The first-order chi connectivity index (χ1) is 8.65. The maximum Gasteiger partial charge on any atom is 0.226 e. The standard InChI is InChI=1S/C13H21N3OS/c1-9(10-5-3-2-4-6-10)15-12(17)7-11-8-18-13(14)16-11/h8-10H,2-7H2,1H3,(H2,14,16)(H,15,17). The van der Waals surface area contributed by atoms with Gasteiger partial charge in [0.25, 0.3) is 0 Å². The Hall–Kier alpha value is -1.10. The van der Waals surface area contributed by atoms with Gasteiger partial charge in [0, 0.05) is 11.4 Å². The minimum atomic E-state index is 0.0540. The van der Waals surface area contributed by atoms with Crippen molar-refractivity contribution in [3.05, 3.63) is 11.1 Å². The molecule has 0 radical (unpaired) electrons. The number of aromatic nitrogens is 1. The Balaban J connectivity index is 1.79. The topological polar surface area (TPSA) is 68.0 Å². The molecule has 1 aliphatic carbocycles. The monoisotopic (exact) mass is 267 g/mol. The molecule has 1 amide bonds. The molecule has 1 aromatic rings. The number of anilines is 1. The summed E-state index contributed by atoms with van der Waals surface area (Å²) in [5.41, 5.74) is 6.32. The highest BCUT2D eigenvalue weighted by Gasteiger charge is 2.21. The van der Waals surface area contributed by atoms with Crippen molar-refractivity contribution in [1.29, 1.82) is 0 Å². The Morgan fingerprint density at radius 2 is 2.28 bits per heavy atom. The van der Waals surface area contributed by atoms with E-state index >= 15 is 0 Å². The van der Waals surface area contributed by atoms with E-state index in [9.17, 15) is 4.79 Å². The van der Waals surface area contributed by atoms with E-state index in [2.05, 4.69) is 17.2 Å². The van der Waals surface area contributed by atoms with Crippen LogP contribution in [0.15, 0.2) is 5.38 Å². The third-order valence-corrected chi connectivity index (χ3v) is 4.38. The molecule has 1 saturated carbocycles. The van der Waals surface area contributed by atoms with Gasteiger partial charge in [-0.3, -0.25) is 4.79 Å². The smallest absolute Gasteiger partial charge is 0.226 e. The molecule has 0 spiro atoms. The van der Waals surface area contributed by atoms with Crippen molar-refractivity contribution in [3.63, 3.8) is 0 Å². The molecular formula is C13H21N3OS. The van der Waals surface area contributed by atoms with Crippen LogP contribution in [0.5, 0.6) is 0 Å². The third kappa shape index (κ3) is 3.70. The molecule has 2 rings (SSSR count). The summed E-state index contributed by atoms with van der Waals surface area (Å²) in [5, 5.41) is 5.47. The van der Waals surface area contributed by atoms with Gasteiger partial charge in [0.05, 0.1) is 12.1 Å². The maximum absolute atomic E-state index is 11.9. The number of amides is 1. The lowest BCUT2D eigenvalue weighted by molar-refractivity contribution is -0.121. The second-order valence-corrected chi connectivity index (χ2v) is 6.00. The van der Waals surface area contributed by atoms with Crippen molar-refractivity contribution < 1.29 is 4.79 Å². The van der Waals surface area contributed by atoms with Crippen molar-refractivity contribution in [2.75, 3.05) is 5.73 Å². The Bertz CT molecular complexity index is 399. The molecule has 0 aromatic carbocycles. The number of hydrogen-bond acceptors (Lipinski definition) is 4. The van der Waals surface area contributed by atoms with E-state index in [0.29, 0.717) is 17.5 Å². The second-order valence-electron chi connectivity index (χ2n) is 5.11. The molecule has 1 heterocycles. The lowest BCUT2D eigenvalue weighted by Crippen LogP contribution is -2.39. The first-order valence-electron chi connectivity index (χ1n) is 6.64. The summed E-state index contributed by atoms with van der Waals surface area (Å²) in [6, 6.07) is 0.272. The number of nitrogens with two attached hydrogens (primary N) is 1. The first-order valence-corrected chi connectivity index (χ1v) is 7.52. The second kappa shape index (κ2) is 6.18. The fourth-order valence-electron chi connectivity index (χ4n) is 2.63. The zero-order valence-electron chi connectivity index (χ0n) is 10.8. The minimum absolute atomic E-state index is 0.0540. The van der Waals surface area contributed by atoms with Crippen LogP contribution in [0.25, 0.3) is 0 Å². The molecule has 1 fully saturated rings. The highest BCUT2D eigenvalue weighted by molar-refractivity contribution is 7.13. The molecule has 5 heteroatoms. The molecule has 4 nitrogen and oxygen atoms in total. The maximum atomic E-state index is 11.9. The van der Waals surface area contributed by atoms with Gasteiger partial charge < -0.3 is 11.1 Å². The Morgan fingerprint density at radius 3 is 2.89 bits per heavy atom. The zero-order valence-corrected chi connectivity index (χ0v) is 11.6. The van der Waals surface area contributed by atoms with Gasteiger partial charge in [-0.2, -0.15) is 0 Å². The van der Waals surface area contributed by atoms with Crippen LogP contribution in [0, 0.1) is 5.92 Å². The SMILES string of the molecule is CC(NC(=O)Cc1csc(N)n1)C1CCCCC1. The summed E-state index contributed by atoms with van der Waals surface area (Å²) in [6.07, 6.45) is 6.76. The average molecular weight is 267 g/mol. The van der Waals surface area contributed by atoms with Gasteiger partial charge in [-0.1, -0.05) is 19.3 Å². The molecule has 0 bridgehead atoms. The van der Waals surface area contributed by atoms with Crippen molar-refractivity contribution in [2.45, 2.75) is 51.5 Å². The van der Waals surface area contributed by atoms with Crippen molar-refractivity contribution in [1.82, 2.24) is 10.3 Å². The number of rotatable bonds is 4. The predicted molar refractivity (Wildman–Crippen MR) is 74.4 cm³/mol. The quantitative estimate of drug-likeness (QED) is 0.880. The van der Waals surface area contributed by atoms with Crippen LogP contribution in [0.3, 0.4) is 0 Å². The predicted octanol–water partition coefficient (Wildman–Crippen LogP) is 2.35. The van der Waals surface area contributed by atoms with Crippen LogP contribution >= 0.6 is 11.3 Å². The summed E-state index contributed by atoms with van der Waals surface area (Å²) < 4.78 is 0. The Kier molecular flexibility index (Phi) is 4.58. The van der Waals surface area contributed by atoms with Crippen LogP contribution in [0.2, 0.25) is 0 Å². The molecule has 100 valence electrons. The van der Waals surface area contributed by atoms with Gasteiger partial charge in [-0.05, 0) is 25.7 Å². The van der Waals surface area contributed by atoms with E-state index in [1.54, 1.807) is 0 Å². The number of nitrogens with one attached hydrogen (secondary N) is 1. The average Bonchev–Trinajstić information content (AvgIpc) is 2.75. The van der Waals surface area contributed by atoms with Gasteiger partial charge in [-0.25, -0.2) is 4.98 Å². The summed E-state index contributed by atoms with van der Waals surface area (Å²) >= 11 is 1.38. The van der Waals surface area contributed by atoms with Gasteiger partial charge in [-0.15, -0.1) is 11.3 Å². The lowest BCUT2D eigenvalue weighted by atomic mass is 9.84. The van der Waals surface area contributed by atoms with Crippen molar-refractivity contribution >= 4 is 22.4 Å². The first kappa shape index (κ1) is 13.3. The van der Waals surface area contributed by atoms with Crippen LogP contribution in [0.1, 0.15) is 44.7 Å². The summed E-state index contributed by atoms with van der Waals surface area (Å²) in [4.78, 5) is 16.0. The van der Waals surface area contributed by atoms with Crippen molar-refractivity contribution in [2.24, 2.45) is 5.92 Å². The number of thiazole rings is 1. The van der Waals surface area contributed by atoms with Crippen LogP contribution in [-0.2, 0) is 11.2 Å².